The number of nitrogens with zero attached hydrogens (tertiary/aromatic N) is 1. The highest BCUT2D eigenvalue weighted by atomic mass is 16.2. The SMILES string of the molecule is CC(C)(C)c1ccc2c(c1)C(=O)N(CCN)C2=O. The number of fused-ring (bicyclic) bond motifs is 1. The number of hydrogen-bond donors (Lipinski definition) is 1. The second kappa shape index (κ2) is 4.21. The van der Waals surface area contributed by atoms with Gasteiger partial charge in [0.2, 0.25) is 0 Å². The summed E-state index contributed by atoms with van der Waals surface area (Å²) in [6, 6.07) is 5.48. The molecule has 1 aliphatic heterocycles. The molecule has 0 aromatic heterocycles. The van der Waals surface area contributed by atoms with Crippen LogP contribution in [0.2, 0.25) is 0 Å². The summed E-state index contributed by atoms with van der Waals surface area (Å²) >= 11 is 0. The highest BCUT2D eigenvalue weighted by Gasteiger charge is 2.35. The van der Waals surface area contributed by atoms with Crippen molar-refractivity contribution in [2.75, 3.05) is 13.1 Å². The Balaban J connectivity index is 2.46. The van der Waals surface area contributed by atoms with Gasteiger partial charge in [-0.05, 0) is 23.1 Å². The molecule has 96 valence electrons. The molecule has 2 N–H and O–H groups in total. The van der Waals surface area contributed by atoms with Crippen molar-refractivity contribution < 1.29 is 9.59 Å². The normalized spacial score (nSPS) is 15.2. The third kappa shape index (κ3) is 1.93. The Morgan fingerprint density at radius 1 is 1.11 bits per heavy atom. The summed E-state index contributed by atoms with van der Waals surface area (Å²) in [4.78, 5) is 25.4. The zero-order valence-corrected chi connectivity index (χ0v) is 11.0. The van der Waals surface area contributed by atoms with E-state index in [1.807, 2.05) is 12.1 Å². The predicted molar refractivity (Wildman–Crippen MR) is 69.6 cm³/mol. The van der Waals surface area contributed by atoms with Crippen molar-refractivity contribution in [2.45, 2.75) is 26.2 Å². The van der Waals surface area contributed by atoms with Crippen LogP contribution >= 0.6 is 0 Å². The van der Waals surface area contributed by atoms with E-state index >= 15 is 0 Å². The first-order chi connectivity index (χ1) is 8.36. The summed E-state index contributed by atoms with van der Waals surface area (Å²) < 4.78 is 0. The average molecular weight is 246 g/mol. The van der Waals surface area contributed by atoms with Gasteiger partial charge in [0.15, 0.2) is 0 Å². The van der Waals surface area contributed by atoms with Gasteiger partial charge in [0, 0.05) is 13.1 Å². The highest BCUT2D eigenvalue weighted by Crippen LogP contribution is 2.29. The van der Waals surface area contributed by atoms with Crippen LogP contribution in [0.5, 0.6) is 0 Å². The summed E-state index contributed by atoms with van der Waals surface area (Å²) in [5, 5.41) is 0. The molecule has 0 saturated carbocycles. The lowest BCUT2D eigenvalue weighted by Crippen LogP contribution is -2.34. The molecule has 0 radical (unpaired) electrons. The summed E-state index contributed by atoms with van der Waals surface area (Å²) in [7, 11) is 0. The van der Waals surface area contributed by atoms with Crippen molar-refractivity contribution in [3.05, 3.63) is 34.9 Å². The van der Waals surface area contributed by atoms with Crippen LogP contribution in [0.25, 0.3) is 0 Å². The molecule has 2 rings (SSSR count). The number of amides is 2. The van der Waals surface area contributed by atoms with Gasteiger partial charge in [0.25, 0.3) is 11.8 Å². The third-order valence-electron chi connectivity index (χ3n) is 3.19. The number of benzene rings is 1. The second-order valence-corrected chi connectivity index (χ2v) is 5.56. The van der Waals surface area contributed by atoms with Gasteiger partial charge >= 0.3 is 0 Å². The van der Waals surface area contributed by atoms with E-state index in [0.29, 0.717) is 11.1 Å². The summed E-state index contributed by atoms with van der Waals surface area (Å²) in [6.07, 6.45) is 0. The molecule has 18 heavy (non-hydrogen) atoms. The Labute approximate surface area is 107 Å². The Hall–Kier alpha value is -1.68. The molecule has 1 heterocycles. The zero-order chi connectivity index (χ0) is 13.5. The number of imide groups is 1. The predicted octanol–water partition coefficient (Wildman–Crippen LogP) is 1.54. The molecule has 2 amide bonds. The Morgan fingerprint density at radius 2 is 1.72 bits per heavy atom. The average Bonchev–Trinajstić information content (AvgIpc) is 2.53. The molecular formula is C14H18N2O2. The van der Waals surface area contributed by atoms with Crippen LogP contribution in [-0.2, 0) is 5.41 Å². The molecule has 0 unspecified atom stereocenters. The number of rotatable bonds is 2. The lowest BCUT2D eigenvalue weighted by molar-refractivity contribution is 0.0659. The topological polar surface area (TPSA) is 63.4 Å². The Kier molecular flexibility index (Phi) is 2.99. The van der Waals surface area contributed by atoms with E-state index in [2.05, 4.69) is 20.8 Å². The van der Waals surface area contributed by atoms with Crippen molar-refractivity contribution >= 4 is 11.8 Å². The van der Waals surface area contributed by atoms with Crippen molar-refractivity contribution in [3.63, 3.8) is 0 Å². The van der Waals surface area contributed by atoms with E-state index in [1.165, 1.54) is 4.90 Å². The number of carbonyl (C=O) groups excluding carboxylic acids is 2. The first-order valence-electron chi connectivity index (χ1n) is 6.07. The van der Waals surface area contributed by atoms with Gasteiger partial charge in [-0.3, -0.25) is 14.5 Å². The second-order valence-electron chi connectivity index (χ2n) is 5.56. The molecule has 0 aliphatic carbocycles. The summed E-state index contributed by atoms with van der Waals surface area (Å²) in [5.74, 6) is -0.465. The van der Waals surface area contributed by atoms with Crippen LogP contribution in [0.4, 0.5) is 0 Å². The zero-order valence-electron chi connectivity index (χ0n) is 11.0. The number of carbonyl (C=O) groups is 2. The smallest absolute Gasteiger partial charge is 0.261 e. The van der Waals surface area contributed by atoms with E-state index in [9.17, 15) is 9.59 Å². The highest BCUT2D eigenvalue weighted by molar-refractivity contribution is 6.21. The van der Waals surface area contributed by atoms with Gasteiger partial charge in [0.1, 0.15) is 0 Å². The van der Waals surface area contributed by atoms with E-state index in [0.717, 1.165) is 5.56 Å². The Morgan fingerprint density at radius 3 is 2.28 bits per heavy atom. The third-order valence-corrected chi connectivity index (χ3v) is 3.19. The van der Waals surface area contributed by atoms with Gasteiger partial charge in [-0.1, -0.05) is 26.8 Å². The van der Waals surface area contributed by atoms with Crippen LogP contribution in [0, 0.1) is 0 Å². The lowest BCUT2D eigenvalue weighted by atomic mass is 9.85. The molecule has 1 aliphatic rings. The van der Waals surface area contributed by atoms with Gasteiger partial charge in [0.05, 0.1) is 11.1 Å². The molecule has 4 nitrogen and oxygen atoms in total. The molecule has 1 aromatic rings. The van der Waals surface area contributed by atoms with E-state index in [4.69, 9.17) is 5.73 Å². The maximum atomic E-state index is 12.1. The number of hydrogen-bond acceptors (Lipinski definition) is 3. The van der Waals surface area contributed by atoms with E-state index in [1.54, 1.807) is 6.07 Å². The first-order valence-corrected chi connectivity index (χ1v) is 6.07. The van der Waals surface area contributed by atoms with Crippen molar-refractivity contribution in [3.8, 4) is 0 Å². The lowest BCUT2D eigenvalue weighted by Gasteiger charge is -2.19. The van der Waals surface area contributed by atoms with Crippen LogP contribution in [-0.4, -0.2) is 29.8 Å². The fourth-order valence-electron chi connectivity index (χ4n) is 2.09. The quantitative estimate of drug-likeness (QED) is 0.805. The Bertz CT molecular complexity index is 515. The standard InChI is InChI=1S/C14H18N2O2/c1-14(2,3)9-4-5-10-11(8-9)13(18)16(7-6-15)12(10)17/h4-5,8H,6-7,15H2,1-3H3. The van der Waals surface area contributed by atoms with Gasteiger partial charge < -0.3 is 5.73 Å². The minimum atomic E-state index is -0.235. The molecule has 4 heteroatoms. The van der Waals surface area contributed by atoms with Crippen LogP contribution in [0.15, 0.2) is 18.2 Å². The van der Waals surface area contributed by atoms with E-state index < -0.39 is 0 Å². The van der Waals surface area contributed by atoms with Crippen LogP contribution in [0.1, 0.15) is 47.1 Å². The minimum Gasteiger partial charge on any atom is -0.329 e. The maximum Gasteiger partial charge on any atom is 0.261 e. The van der Waals surface area contributed by atoms with Gasteiger partial charge in [-0.15, -0.1) is 0 Å². The van der Waals surface area contributed by atoms with Crippen molar-refractivity contribution in [1.29, 1.82) is 0 Å². The molecule has 0 fully saturated rings. The van der Waals surface area contributed by atoms with Crippen LogP contribution < -0.4 is 5.73 Å². The first kappa shape index (κ1) is 12.8. The summed E-state index contributed by atoms with van der Waals surface area (Å²) in [6.45, 7) is 6.80. The maximum absolute atomic E-state index is 12.1. The van der Waals surface area contributed by atoms with Gasteiger partial charge in [-0.25, -0.2) is 0 Å². The van der Waals surface area contributed by atoms with E-state index in [-0.39, 0.29) is 30.3 Å². The fraction of sp³-hybridized carbons (Fsp3) is 0.429. The molecule has 0 atom stereocenters. The monoisotopic (exact) mass is 246 g/mol. The molecular weight excluding hydrogens is 228 g/mol. The summed E-state index contributed by atoms with van der Waals surface area (Å²) in [5.41, 5.74) is 7.42. The van der Waals surface area contributed by atoms with Gasteiger partial charge in [-0.2, -0.15) is 0 Å². The van der Waals surface area contributed by atoms with Crippen molar-refractivity contribution in [1.82, 2.24) is 4.90 Å². The molecule has 0 bridgehead atoms. The largest absolute Gasteiger partial charge is 0.329 e. The van der Waals surface area contributed by atoms with Crippen LogP contribution in [0.3, 0.4) is 0 Å². The minimum absolute atomic E-state index is 0.0420. The molecule has 0 spiro atoms. The number of nitrogens with two attached hydrogens (primary N) is 1. The molecule has 1 aromatic carbocycles. The molecule has 0 saturated heterocycles. The van der Waals surface area contributed by atoms with Crippen molar-refractivity contribution in [2.24, 2.45) is 5.73 Å². The fourth-order valence-corrected chi connectivity index (χ4v) is 2.09.